The van der Waals surface area contributed by atoms with Gasteiger partial charge in [0.1, 0.15) is 5.01 Å². The van der Waals surface area contributed by atoms with E-state index in [9.17, 15) is 0 Å². The molecule has 0 N–H and O–H groups in total. The quantitative estimate of drug-likeness (QED) is 0.276. The van der Waals surface area contributed by atoms with Crippen LogP contribution >= 0.6 is 11.5 Å². The van der Waals surface area contributed by atoms with Crippen molar-refractivity contribution < 1.29 is 0 Å². The van der Waals surface area contributed by atoms with Gasteiger partial charge in [-0.25, -0.2) is 4.98 Å². The molecule has 0 amide bonds. The summed E-state index contributed by atoms with van der Waals surface area (Å²) >= 11 is 1.46. The smallest absolute Gasteiger partial charge is 0.173 e. The zero-order chi connectivity index (χ0) is 20.6. The molecular weight excluding hydrogens is 396 g/mol. The first-order valence-electron chi connectivity index (χ1n) is 10.3. The summed E-state index contributed by atoms with van der Waals surface area (Å²) in [4.78, 5) is 4.89. The summed E-state index contributed by atoms with van der Waals surface area (Å²) in [7, 11) is 0. The molecule has 0 aliphatic rings. The molecule has 0 unspecified atom stereocenters. The Morgan fingerprint density at radius 2 is 1.16 bits per heavy atom. The van der Waals surface area contributed by atoms with Crippen LogP contribution in [-0.4, -0.2) is 9.36 Å². The van der Waals surface area contributed by atoms with Crippen molar-refractivity contribution in [2.45, 2.75) is 0 Å². The van der Waals surface area contributed by atoms with Gasteiger partial charge in [0.2, 0.25) is 0 Å². The Morgan fingerprint density at radius 1 is 0.516 bits per heavy atom. The van der Waals surface area contributed by atoms with E-state index >= 15 is 0 Å². The van der Waals surface area contributed by atoms with Crippen molar-refractivity contribution in [3.63, 3.8) is 0 Å². The van der Waals surface area contributed by atoms with Gasteiger partial charge >= 0.3 is 0 Å². The summed E-state index contributed by atoms with van der Waals surface area (Å²) in [6.45, 7) is 0. The van der Waals surface area contributed by atoms with E-state index in [1.165, 1.54) is 44.2 Å². The first-order chi connectivity index (χ1) is 15.3. The van der Waals surface area contributed by atoms with Crippen LogP contribution in [0.5, 0.6) is 0 Å². The topological polar surface area (TPSA) is 25.8 Å². The third-order valence-corrected chi connectivity index (χ3v) is 6.40. The van der Waals surface area contributed by atoms with Crippen molar-refractivity contribution in [3.8, 4) is 33.1 Å². The summed E-state index contributed by atoms with van der Waals surface area (Å²) in [6.07, 6.45) is 0. The number of nitrogens with zero attached hydrogens (tertiary/aromatic N) is 2. The fourth-order valence-electron chi connectivity index (χ4n) is 4.05. The van der Waals surface area contributed by atoms with E-state index in [1.54, 1.807) is 0 Å². The second-order valence-electron chi connectivity index (χ2n) is 7.59. The highest BCUT2D eigenvalue weighted by molar-refractivity contribution is 7.09. The first kappa shape index (κ1) is 18.0. The number of hydrogen-bond acceptors (Lipinski definition) is 3. The average Bonchev–Trinajstić information content (AvgIpc) is 3.33. The van der Waals surface area contributed by atoms with Crippen molar-refractivity contribution in [1.82, 2.24) is 9.36 Å². The number of benzene rings is 5. The van der Waals surface area contributed by atoms with Crippen LogP contribution in [0.3, 0.4) is 0 Å². The molecule has 0 fully saturated rings. The molecule has 146 valence electrons. The van der Waals surface area contributed by atoms with E-state index in [0.29, 0.717) is 0 Å². The second-order valence-corrected chi connectivity index (χ2v) is 8.34. The van der Waals surface area contributed by atoms with Gasteiger partial charge in [-0.3, -0.25) is 0 Å². The molecule has 0 bridgehead atoms. The number of aromatic nitrogens is 2. The maximum absolute atomic E-state index is 4.89. The van der Waals surface area contributed by atoms with Crippen LogP contribution in [0.1, 0.15) is 0 Å². The zero-order valence-electron chi connectivity index (χ0n) is 16.7. The van der Waals surface area contributed by atoms with Crippen LogP contribution in [0.2, 0.25) is 0 Å². The highest BCUT2D eigenvalue weighted by atomic mass is 32.1. The molecule has 0 aliphatic carbocycles. The Labute approximate surface area is 184 Å². The largest absolute Gasteiger partial charge is 0.215 e. The van der Waals surface area contributed by atoms with Gasteiger partial charge in [0.25, 0.3) is 0 Å². The molecule has 6 aromatic rings. The van der Waals surface area contributed by atoms with Crippen LogP contribution in [0.4, 0.5) is 0 Å². The van der Waals surface area contributed by atoms with Gasteiger partial charge in [0, 0.05) is 11.1 Å². The molecule has 0 aliphatic heterocycles. The molecule has 0 radical (unpaired) electrons. The maximum atomic E-state index is 4.89. The fraction of sp³-hybridized carbons (Fsp3) is 0. The summed E-state index contributed by atoms with van der Waals surface area (Å²) in [5.74, 6) is 0.775. The van der Waals surface area contributed by atoms with Crippen molar-refractivity contribution in [1.29, 1.82) is 0 Å². The van der Waals surface area contributed by atoms with E-state index < -0.39 is 0 Å². The van der Waals surface area contributed by atoms with E-state index in [0.717, 1.165) is 22.0 Å². The van der Waals surface area contributed by atoms with Gasteiger partial charge in [0.05, 0.1) is 0 Å². The Kier molecular flexibility index (Phi) is 4.33. The monoisotopic (exact) mass is 414 g/mol. The molecule has 6 rings (SSSR count). The normalized spacial score (nSPS) is 11.2. The third-order valence-electron chi connectivity index (χ3n) is 5.65. The molecule has 2 nitrogen and oxygen atoms in total. The Bertz CT molecular complexity index is 1520. The SMILES string of the molecule is c1ccc(-c2ccc(-c3nsc(-c4cccc5cc6ccccc6cc45)n3)cc2)cc1. The lowest BCUT2D eigenvalue weighted by molar-refractivity contribution is 1.33. The van der Waals surface area contributed by atoms with Gasteiger partial charge in [-0.1, -0.05) is 97.1 Å². The Hall–Kier alpha value is -3.82. The van der Waals surface area contributed by atoms with Crippen LogP contribution in [0.15, 0.2) is 109 Å². The highest BCUT2D eigenvalue weighted by Gasteiger charge is 2.12. The lowest BCUT2D eigenvalue weighted by Crippen LogP contribution is -1.84. The lowest BCUT2D eigenvalue weighted by Gasteiger charge is -2.06. The van der Waals surface area contributed by atoms with Gasteiger partial charge in [0.15, 0.2) is 5.82 Å². The standard InChI is InChI=1S/C28H18N2S/c1-2-7-19(8-3-1)20-13-15-21(16-14-20)27-29-28(31-30-27)25-12-6-11-24-17-22-9-4-5-10-23(22)18-26(24)25/h1-18H. The fourth-order valence-corrected chi connectivity index (χ4v) is 4.77. The van der Waals surface area contributed by atoms with Crippen molar-refractivity contribution >= 4 is 33.1 Å². The lowest BCUT2D eigenvalue weighted by atomic mass is 10.00. The molecule has 0 atom stereocenters. The number of hydrogen-bond donors (Lipinski definition) is 0. The molecule has 1 heterocycles. The van der Waals surface area contributed by atoms with E-state index in [2.05, 4.69) is 108 Å². The Morgan fingerprint density at radius 3 is 1.97 bits per heavy atom. The highest BCUT2D eigenvalue weighted by Crippen LogP contribution is 2.34. The van der Waals surface area contributed by atoms with Gasteiger partial charge in [-0.15, -0.1) is 0 Å². The molecule has 1 aromatic heterocycles. The Balaban J connectivity index is 1.39. The van der Waals surface area contributed by atoms with Gasteiger partial charge < -0.3 is 0 Å². The molecule has 31 heavy (non-hydrogen) atoms. The van der Waals surface area contributed by atoms with Crippen molar-refractivity contribution in [2.75, 3.05) is 0 Å². The summed E-state index contributed by atoms with van der Waals surface area (Å²) in [6, 6.07) is 38.3. The van der Waals surface area contributed by atoms with Crippen LogP contribution in [-0.2, 0) is 0 Å². The van der Waals surface area contributed by atoms with E-state index in [-0.39, 0.29) is 0 Å². The molecule has 0 saturated heterocycles. The van der Waals surface area contributed by atoms with Gasteiger partial charge in [-0.05, 0) is 56.3 Å². The second kappa shape index (κ2) is 7.46. The zero-order valence-corrected chi connectivity index (χ0v) is 17.5. The van der Waals surface area contributed by atoms with E-state index in [1.807, 2.05) is 6.07 Å². The molecule has 0 spiro atoms. The number of rotatable bonds is 3. The van der Waals surface area contributed by atoms with Crippen LogP contribution in [0.25, 0.3) is 54.6 Å². The summed E-state index contributed by atoms with van der Waals surface area (Å²) < 4.78 is 4.66. The minimum atomic E-state index is 0.775. The molecular formula is C28H18N2S. The minimum Gasteiger partial charge on any atom is -0.215 e. The van der Waals surface area contributed by atoms with Crippen LogP contribution < -0.4 is 0 Å². The predicted octanol–water partition coefficient (Wildman–Crippen LogP) is 7.85. The summed E-state index contributed by atoms with van der Waals surface area (Å²) in [5, 5.41) is 5.87. The molecule has 3 heteroatoms. The average molecular weight is 415 g/mol. The molecule has 5 aromatic carbocycles. The van der Waals surface area contributed by atoms with Crippen molar-refractivity contribution in [2.24, 2.45) is 0 Å². The minimum absolute atomic E-state index is 0.775. The van der Waals surface area contributed by atoms with E-state index in [4.69, 9.17) is 4.98 Å². The molecule has 0 saturated carbocycles. The third kappa shape index (κ3) is 3.29. The van der Waals surface area contributed by atoms with Crippen LogP contribution in [0, 0.1) is 0 Å². The predicted molar refractivity (Wildman–Crippen MR) is 131 cm³/mol. The number of fused-ring (bicyclic) bond motifs is 2. The van der Waals surface area contributed by atoms with Gasteiger partial charge in [-0.2, -0.15) is 4.37 Å². The van der Waals surface area contributed by atoms with Crippen molar-refractivity contribution in [3.05, 3.63) is 109 Å². The summed E-state index contributed by atoms with van der Waals surface area (Å²) in [5.41, 5.74) is 4.57. The maximum Gasteiger partial charge on any atom is 0.173 e. The first-order valence-corrected chi connectivity index (χ1v) is 11.0.